The topological polar surface area (TPSA) is 83.8 Å². The van der Waals surface area contributed by atoms with E-state index in [0.717, 1.165) is 6.42 Å². The van der Waals surface area contributed by atoms with E-state index in [1.165, 1.54) is 0 Å². The number of hydrogen-bond acceptors (Lipinski definition) is 3. The van der Waals surface area contributed by atoms with Crippen molar-refractivity contribution in [3.63, 3.8) is 0 Å². The molecule has 96 valence electrons. The van der Waals surface area contributed by atoms with Crippen LogP contribution < -0.4 is 0 Å². The van der Waals surface area contributed by atoms with E-state index in [1.54, 1.807) is 0 Å². The van der Waals surface area contributed by atoms with Crippen molar-refractivity contribution in [3.8, 4) is 0 Å². The van der Waals surface area contributed by atoms with Gasteiger partial charge in [0.25, 0.3) is 0 Å². The monoisotopic (exact) mass is 252 g/mol. The minimum atomic E-state index is -4.74. The minimum absolute atomic E-state index is 0.0292. The van der Waals surface area contributed by atoms with Gasteiger partial charge in [0.2, 0.25) is 0 Å². The molecule has 16 heavy (non-hydrogen) atoms. The largest absolute Gasteiger partial charge is 0.527 e. The second-order valence-electron chi connectivity index (χ2n) is 4.04. The van der Waals surface area contributed by atoms with E-state index in [1.807, 2.05) is 27.7 Å². The Morgan fingerprint density at radius 1 is 1.31 bits per heavy atom. The fourth-order valence-corrected chi connectivity index (χ4v) is 2.42. The highest BCUT2D eigenvalue weighted by Gasteiger charge is 2.43. The molecule has 0 rings (SSSR count). The molecule has 0 aliphatic carbocycles. The summed E-state index contributed by atoms with van der Waals surface area (Å²) < 4.78 is 14.9. The second kappa shape index (κ2) is 5.80. The van der Waals surface area contributed by atoms with Crippen LogP contribution in [0.4, 0.5) is 0 Å². The van der Waals surface area contributed by atoms with E-state index >= 15 is 0 Å². The highest BCUT2D eigenvalue weighted by Crippen LogP contribution is 2.45. The Bertz CT molecular complexity index is 279. The lowest BCUT2D eigenvalue weighted by atomic mass is 9.71. The van der Waals surface area contributed by atoms with Crippen molar-refractivity contribution in [3.05, 3.63) is 0 Å². The van der Waals surface area contributed by atoms with Crippen molar-refractivity contribution < 1.29 is 23.7 Å². The van der Waals surface area contributed by atoms with Crippen molar-refractivity contribution in [2.24, 2.45) is 11.3 Å². The van der Waals surface area contributed by atoms with Crippen LogP contribution in [0.5, 0.6) is 0 Å². The molecule has 1 unspecified atom stereocenters. The van der Waals surface area contributed by atoms with Crippen molar-refractivity contribution >= 4 is 13.8 Å². The molecule has 0 fully saturated rings. The molecule has 0 radical (unpaired) electrons. The highest BCUT2D eigenvalue weighted by atomic mass is 31.2. The van der Waals surface area contributed by atoms with Gasteiger partial charge in [-0.2, -0.15) is 0 Å². The van der Waals surface area contributed by atoms with Gasteiger partial charge in [-0.05, 0) is 18.8 Å². The molecular weight excluding hydrogens is 231 g/mol. The number of phosphoric acid groups is 1. The second-order valence-corrected chi connectivity index (χ2v) is 5.21. The van der Waals surface area contributed by atoms with Gasteiger partial charge in [0.1, 0.15) is 0 Å². The number of phosphoric ester groups is 1. The fourth-order valence-electron chi connectivity index (χ4n) is 2.03. The lowest BCUT2D eigenvalue weighted by Crippen LogP contribution is -2.37. The summed E-state index contributed by atoms with van der Waals surface area (Å²) in [5, 5.41) is 0. The van der Waals surface area contributed by atoms with Gasteiger partial charge in [0, 0.05) is 0 Å². The summed E-state index contributed by atoms with van der Waals surface area (Å²) in [6, 6.07) is 0. The van der Waals surface area contributed by atoms with Crippen molar-refractivity contribution in [1.29, 1.82) is 0 Å². The Morgan fingerprint density at radius 2 is 1.75 bits per heavy atom. The molecule has 0 aliphatic rings. The van der Waals surface area contributed by atoms with Crippen LogP contribution in [0.3, 0.4) is 0 Å². The normalized spacial score (nSPS) is 14.6. The van der Waals surface area contributed by atoms with Crippen LogP contribution in [0.1, 0.15) is 47.0 Å². The molecule has 0 bridgehead atoms. The van der Waals surface area contributed by atoms with Crippen molar-refractivity contribution in [2.75, 3.05) is 0 Å². The molecule has 0 spiro atoms. The summed E-state index contributed by atoms with van der Waals surface area (Å²) >= 11 is 0. The zero-order valence-corrected chi connectivity index (χ0v) is 11.2. The Morgan fingerprint density at radius 3 is 2.00 bits per heavy atom. The standard InChI is InChI=1S/C10H21O5P/c1-5-8(4)10(6-2,7-3)9(11)15-16(12,13)14/h8H,5-7H2,1-4H3,(H2,12,13,14). The van der Waals surface area contributed by atoms with Crippen LogP contribution in [0.2, 0.25) is 0 Å². The molecule has 0 aromatic carbocycles. The molecule has 0 aromatic heterocycles. The van der Waals surface area contributed by atoms with E-state index in [0.29, 0.717) is 12.8 Å². The third-order valence-electron chi connectivity index (χ3n) is 3.43. The number of carbonyl (C=O) groups is 1. The maximum absolute atomic E-state index is 11.8. The van der Waals surface area contributed by atoms with Gasteiger partial charge in [-0.3, -0.25) is 14.6 Å². The Kier molecular flexibility index (Phi) is 5.66. The van der Waals surface area contributed by atoms with E-state index < -0.39 is 19.2 Å². The quantitative estimate of drug-likeness (QED) is 0.709. The Hall–Kier alpha value is -0.380. The number of hydrogen-bond donors (Lipinski definition) is 2. The van der Waals surface area contributed by atoms with E-state index in [4.69, 9.17) is 9.79 Å². The summed E-state index contributed by atoms with van der Waals surface area (Å²) in [5.74, 6) is -0.762. The van der Waals surface area contributed by atoms with Crippen LogP contribution in [-0.2, 0) is 13.9 Å². The first kappa shape index (κ1) is 15.6. The zero-order valence-electron chi connectivity index (χ0n) is 10.3. The molecule has 1 atom stereocenters. The van der Waals surface area contributed by atoms with Crippen LogP contribution in [0.25, 0.3) is 0 Å². The molecule has 2 N–H and O–H groups in total. The van der Waals surface area contributed by atoms with Gasteiger partial charge in [-0.25, -0.2) is 4.57 Å². The predicted molar refractivity (Wildman–Crippen MR) is 60.6 cm³/mol. The summed E-state index contributed by atoms with van der Waals surface area (Å²) in [6.07, 6.45) is 1.78. The number of rotatable bonds is 6. The first-order valence-electron chi connectivity index (χ1n) is 5.53. The fraction of sp³-hybridized carbons (Fsp3) is 0.900. The zero-order chi connectivity index (χ0) is 13.0. The molecule has 0 saturated heterocycles. The molecule has 6 heteroatoms. The van der Waals surface area contributed by atoms with E-state index in [9.17, 15) is 9.36 Å². The molecule has 0 aliphatic heterocycles. The molecule has 5 nitrogen and oxygen atoms in total. The third-order valence-corrected chi connectivity index (χ3v) is 3.83. The summed E-state index contributed by atoms with van der Waals surface area (Å²) in [5.41, 5.74) is -0.796. The first-order valence-corrected chi connectivity index (χ1v) is 7.06. The van der Waals surface area contributed by atoms with Crippen molar-refractivity contribution in [1.82, 2.24) is 0 Å². The summed E-state index contributed by atoms with van der Waals surface area (Å²) in [6.45, 7) is 7.50. The van der Waals surface area contributed by atoms with Gasteiger partial charge in [-0.1, -0.05) is 34.1 Å². The lowest BCUT2D eigenvalue weighted by molar-refractivity contribution is -0.151. The molecule has 0 heterocycles. The van der Waals surface area contributed by atoms with Gasteiger partial charge in [-0.15, -0.1) is 0 Å². The van der Waals surface area contributed by atoms with E-state index in [2.05, 4.69) is 4.52 Å². The van der Waals surface area contributed by atoms with Crippen LogP contribution in [0.15, 0.2) is 0 Å². The van der Waals surface area contributed by atoms with Crippen molar-refractivity contribution in [2.45, 2.75) is 47.0 Å². The summed E-state index contributed by atoms with van der Waals surface area (Å²) in [7, 11) is -4.74. The lowest BCUT2D eigenvalue weighted by Gasteiger charge is -2.34. The molecule has 0 saturated carbocycles. The smallest absolute Gasteiger partial charge is 0.370 e. The Labute approximate surface area is 96.4 Å². The van der Waals surface area contributed by atoms with Gasteiger partial charge in [0.15, 0.2) is 0 Å². The van der Waals surface area contributed by atoms with Gasteiger partial charge in [0.05, 0.1) is 5.41 Å². The van der Waals surface area contributed by atoms with Gasteiger partial charge >= 0.3 is 13.8 Å². The highest BCUT2D eigenvalue weighted by molar-refractivity contribution is 7.46. The third kappa shape index (κ3) is 3.58. The molecule has 0 amide bonds. The van der Waals surface area contributed by atoms with Crippen LogP contribution >= 0.6 is 7.82 Å². The SMILES string of the molecule is CCC(C)C(CC)(CC)C(=O)OP(=O)(O)O. The van der Waals surface area contributed by atoms with Gasteiger partial charge < -0.3 is 4.52 Å². The average Bonchev–Trinajstić information content (AvgIpc) is 2.17. The minimum Gasteiger partial charge on any atom is -0.370 e. The average molecular weight is 252 g/mol. The van der Waals surface area contributed by atoms with Crippen LogP contribution in [0, 0.1) is 11.3 Å². The molecular formula is C10H21O5P. The first-order chi connectivity index (χ1) is 7.23. The predicted octanol–water partition coefficient (Wildman–Crippen LogP) is 2.47. The summed E-state index contributed by atoms with van der Waals surface area (Å²) in [4.78, 5) is 29.2. The number of carbonyl (C=O) groups excluding carboxylic acids is 1. The maximum Gasteiger partial charge on any atom is 0.527 e. The molecule has 0 aromatic rings. The Balaban J connectivity index is 5.05. The van der Waals surface area contributed by atoms with E-state index in [-0.39, 0.29) is 5.92 Å². The van der Waals surface area contributed by atoms with Crippen LogP contribution in [-0.4, -0.2) is 15.8 Å². The maximum atomic E-state index is 11.8.